The molecule has 0 aromatic heterocycles. The van der Waals surface area contributed by atoms with Gasteiger partial charge < -0.3 is 19.6 Å². The number of carbonyl (C=O) groups is 2. The quantitative estimate of drug-likeness (QED) is 0.100. The molecule has 2 N–H and O–H groups in total. The molecule has 2 aliphatic rings. The first-order chi connectivity index (χ1) is 27.1. The summed E-state index contributed by atoms with van der Waals surface area (Å²) in [5.41, 5.74) is 5.01. The van der Waals surface area contributed by atoms with Gasteiger partial charge in [-0.05, 0) is 79.1 Å². The number of amides is 1. The number of hydrogen-bond donors (Lipinski definition) is 2. The first-order valence-electron chi connectivity index (χ1n) is 17.4. The van der Waals surface area contributed by atoms with Crippen molar-refractivity contribution >= 4 is 29.1 Å². The van der Waals surface area contributed by atoms with E-state index in [0.29, 0.717) is 55.7 Å². The van der Waals surface area contributed by atoms with Crippen LogP contribution in [0.4, 0.5) is 4.79 Å². The lowest BCUT2D eigenvalue weighted by molar-refractivity contribution is 0.0696. The molecule has 56 heavy (non-hydrogen) atoms. The lowest BCUT2D eigenvalue weighted by atomic mass is 9.95. The van der Waals surface area contributed by atoms with Gasteiger partial charge in [-0.3, -0.25) is 5.41 Å². The molecule has 0 atom stereocenters. The van der Waals surface area contributed by atoms with Gasteiger partial charge in [-0.2, -0.15) is 5.26 Å². The van der Waals surface area contributed by atoms with Crippen molar-refractivity contribution in [2.75, 3.05) is 32.8 Å². The number of piperazine rings is 1. The number of allylic oxidation sites excluding steroid dienone is 14. The Morgan fingerprint density at radius 1 is 0.875 bits per heavy atom. The summed E-state index contributed by atoms with van der Waals surface area (Å²) in [6.07, 6.45) is 11.3. The van der Waals surface area contributed by atoms with Gasteiger partial charge >= 0.3 is 12.1 Å². The van der Waals surface area contributed by atoms with Crippen molar-refractivity contribution in [1.29, 1.82) is 21.2 Å². The van der Waals surface area contributed by atoms with E-state index in [-0.39, 0.29) is 46.4 Å². The monoisotopic (exact) mass is 740 g/mol. The van der Waals surface area contributed by atoms with E-state index in [0.717, 1.165) is 22.4 Å². The van der Waals surface area contributed by atoms with Gasteiger partial charge in [0.15, 0.2) is 0 Å². The zero-order valence-corrected chi connectivity index (χ0v) is 30.8. The summed E-state index contributed by atoms with van der Waals surface area (Å²) >= 11 is 0. The fourth-order valence-corrected chi connectivity index (χ4v) is 6.27. The highest BCUT2D eigenvalue weighted by Crippen LogP contribution is 2.36. The molecule has 0 bridgehead atoms. The maximum absolute atomic E-state index is 12.5. The Hall–Kier alpha value is -7.94. The molecule has 1 saturated heterocycles. The Morgan fingerprint density at radius 2 is 1.46 bits per heavy atom. The second-order valence-corrected chi connectivity index (χ2v) is 12.3. The van der Waals surface area contributed by atoms with E-state index >= 15 is 0 Å². The highest BCUT2D eigenvalue weighted by molar-refractivity contribution is 5.94. The van der Waals surface area contributed by atoms with Crippen molar-refractivity contribution in [3.05, 3.63) is 169 Å². The molecule has 0 unspecified atom stereocenters. The van der Waals surface area contributed by atoms with Crippen molar-refractivity contribution < 1.29 is 19.4 Å². The summed E-state index contributed by atoms with van der Waals surface area (Å²) in [4.78, 5) is 34.4. The molecule has 1 heterocycles. The normalized spacial score (nSPS) is 15.9. The summed E-state index contributed by atoms with van der Waals surface area (Å²) in [5.74, 6) is 1.27. The van der Waals surface area contributed by atoms with E-state index in [4.69, 9.17) is 23.3 Å². The topological polar surface area (TPSA) is 174 Å². The second-order valence-electron chi connectivity index (χ2n) is 12.3. The lowest BCUT2D eigenvalue weighted by Gasteiger charge is -2.37. The number of nitriles is 3. The maximum atomic E-state index is 12.5. The molecule has 1 aliphatic carbocycles. The summed E-state index contributed by atoms with van der Waals surface area (Å²) in [6, 6.07) is 18.8. The molecule has 4 rings (SSSR count). The molecule has 276 valence electrons. The van der Waals surface area contributed by atoms with Crippen LogP contribution in [-0.2, 0) is 4.74 Å². The molecular weight excluding hydrogens is 705 g/mol. The number of ether oxygens (including phenoxy) is 1. The van der Waals surface area contributed by atoms with Crippen molar-refractivity contribution in [1.82, 2.24) is 9.80 Å². The van der Waals surface area contributed by atoms with Gasteiger partial charge in [0.1, 0.15) is 0 Å². The second kappa shape index (κ2) is 19.8. The van der Waals surface area contributed by atoms with E-state index in [1.54, 1.807) is 42.2 Å². The van der Waals surface area contributed by atoms with Gasteiger partial charge in [0.05, 0.1) is 49.1 Å². The smallest absolute Gasteiger partial charge is 0.409 e. The van der Waals surface area contributed by atoms with Gasteiger partial charge in [-0.15, -0.1) is 0 Å². The number of benzene rings is 2. The van der Waals surface area contributed by atoms with E-state index in [1.165, 1.54) is 30.3 Å². The predicted octanol–water partition coefficient (Wildman–Crippen LogP) is 8.19. The van der Waals surface area contributed by atoms with Crippen LogP contribution >= 0.6 is 0 Å². The number of rotatable bonds is 11. The van der Waals surface area contributed by atoms with Gasteiger partial charge in [0.2, 0.25) is 0 Å². The molecular formula is C44H36N8O4. The van der Waals surface area contributed by atoms with Crippen LogP contribution in [0.25, 0.3) is 20.8 Å². The molecule has 2 aromatic rings. The lowest BCUT2D eigenvalue weighted by Crippen LogP contribution is -2.48. The number of aromatic carboxylic acids is 1. The predicted molar refractivity (Wildman–Crippen MR) is 211 cm³/mol. The van der Waals surface area contributed by atoms with Gasteiger partial charge in [-0.25, -0.2) is 29.8 Å². The molecule has 12 heteroatoms. The number of nitrogens with one attached hydrogen (secondary N) is 1. The third kappa shape index (κ3) is 9.73. The van der Waals surface area contributed by atoms with Crippen LogP contribution in [0.15, 0.2) is 124 Å². The molecule has 2 aromatic carbocycles. The first kappa shape index (κ1) is 40.8. The average molecular weight is 741 g/mol. The molecule has 1 fully saturated rings. The Balaban J connectivity index is 1.76. The zero-order chi connectivity index (χ0) is 40.6. The van der Waals surface area contributed by atoms with Crippen molar-refractivity contribution in [3.8, 4) is 18.2 Å². The Kier molecular flexibility index (Phi) is 14.4. The van der Waals surface area contributed by atoms with E-state index in [2.05, 4.69) is 26.5 Å². The van der Waals surface area contributed by atoms with Crippen molar-refractivity contribution in [3.63, 3.8) is 0 Å². The highest BCUT2D eigenvalue weighted by Gasteiger charge is 2.28. The molecule has 0 saturated carbocycles. The zero-order valence-electron chi connectivity index (χ0n) is 30.8. The summed E-state index contributed by atoms with van der Waals surface area (Å²) in [7, 11) is 0. The molecule has 0 radical (unpaired) electrons. The maximum Gasteiger partial charge on any atom is 0.409 e. The third-order valence-electron chi connectivity index (χ3n) is 8.98. The van der Waals surface area contributed by atoms with Crippen LogP contribution < -0.4 is 0 Å². The molecule has 12 nitrogen and oxygen atoms in total. The van der Waals surface area contributed by atoms with Crippen LogP contribution in [0.5, 0.6) is 0 Å². The Morgan fingerprint density at radius 3 is 2.02 bits per heavy atom. The van der Waals surface area contributed by atoms with Crippen LogP contribution in [0.2, 0.25) is 0 Å². The van der Waals surface area contributed by atoms with Gasteiger partial charge in [0.25, 0.3) is 11.4 Å². The van der Waals surface area contributed by atoms with Crippen LogP contribution in [-0.4, -0.2) is 65.6 Å². The first-order valence-corrected chi connectivity index (χ1v) is 17.4. The summed E-state index contributed by atoms with van der Waals surface area (Å²) in [6.45, 7) is 21.0. The van der Waals surface area contributed by atoms with E-state index in [9.17, 15) is 30.5 Å². The minimum absolute atomic E-state index is 0.0165. The average Bonchev–Trinajstić information content (AvgIpc) is 3.62. The van der Waals surface area contributed by atoms with Crippen molar-refractivity contribution in [2.45, 2.75) is 26.7 Å². The number of nitrogens with zero attached hydrogens (tertiary/aromatic N) is 7. The Labute approximate surface area is 325 Å². The van der Waals surface area contributed by atoms with Crippen LogP contribution in [0, 0.1) is 59.5 Å². The SMILES string of the molecule is [C-]#[N+]/C(C#N)=C(\C(=C=N)/C=C/C=C1\CCC(/C=C/C=C(C#N)/C(=C(\C#N)[N+]#[C-])c2ccc(C(=O)O)cc2)=C1N1CCN(C(=O)OCC)CC1)c1ccc(C)cc1. The number of hydrogen-bond acceptors (Lipinski definition) is 8. The minimum atomic E-state index is -1.14. The third-order valence-corrected chi connectivity index (χ3v) is 8.98. The Bertz CT molecular complexity index is 2350. The number of carbonyl (C=O) groups excluding carboxylic acids is 1. The number of carboxylic acid groups (broad SMARTS) is 1. The fourth-order valence-electron chi connectivity index (χ4n) is 6.27. The van der Waals surface area contributed by atoms with Crippen LogP contribution in [0.1, 0.15) is 46.8 Å². The summed E-state index contributed by atoms with van der Waals surface area (Å²) < 4.78 is 5.20. The van der Waals surface area contributed by atoms with Crippen LogP contribution in [0.3, 0.4) is 0 Å². The molecule has 1 aliphatic heterocycles. The largest absolute Gasteiger partial charge is 0.478 e. The minimum Gasteiger partial charge on any atom is -0.478 e. The van der Waals surface area contributed by atoms with Gasteiger partial charge in [0, 0.05) is 48.6 Å². The standard InChI is InChI=1S/C44H36N8O4/c1-5-56-44(55)52-24-22-51(23-25-52)42-33(8-6-10-36(26-45)40(38(28-47)49-3)31-14-12-30(2)13-15-31)18-19-34(42)9-7-11-37(27-46)41(39(29-48)50-4)32-16-20-35(21-17-32)43(53)54/h6-17,20-21,45H,5,18-19,22-25H2,1-2H3,(H,53,54)/b9-7+,10-6+,33-8+,37-11+,40-38-,41-39+. The molecule has 1 amide bonds. The van der Waals surface area contributed by atoms with Gasteiger partial charge in [-0.1, -0.05) is 66.3 Å². The molecule has 0 spiro atoms. The van der Waals surface area contributed by atoms with E-state index in [1.807, 2.05) is 43.3 Å². The summed E-state index contributed by atoms with van der Waals surface area (Å²) in [5, 5.41) is 47.0. The van der Waals surface area contributed by atoms with Crippen molar-refractivity contribution in [2.24, 2.45) is 0 Å². The number of carboxylic acids is 1. The highest BCUT2D eigenvalue weighted by atomic mass is 16.6. The fraction of sp³-hybridized carbons (Fsp3) is 0.205. The van der Waals surface area contributed by atoms with E-state index < -0.39 is 5.97 Å². The number of aryl methyl sites for hydroxylation is 1.